The second-order valence-electron chi connectivity index (χ2n) is 8.31. The Balaban J connectivity index is 1.51. The largest absolute Gasteiger partial charge is 0.298 e. The minimum absolute atomic E-state index is 0.455. The summed E-state index contributed by atoms with van der Waals surface area (Å²) in [5.74, 6) is 0.455. The summed E-state index contributed by atoms with van der Waals surface area (Å²) in [5.41, 5.74) is 7.90. The van der Waals surface area contributed by atoms with E-state index >= 15 is 0 Å². The molecule has 152 valence electrons. The number of benzene rings is 1. The van der Waals surface area contributed by atoms with Crippen molar-refractivity contribution in [2.75, 3.05) is 13.1 Å². The average Bonchev–Trinajstić information content (AvgIpc) is 3.10. The first kappa shape index (κ1) is 18.9. The Kier molecular flexibility index (Phi) is 5.05. The van der Waals surface area contributed by atoms with Gasteiger partial charge in [-0.05, 0) is 62.6 Å². The first-order valence-corrected chi connectivity index (χ1v) is 10.7. The molecule has 0 saturated carbocycles. The predicted octanol–water partition coefficient (Wildman–Crippen LogP) is 4.79. The van der Waals surface area contributed by atoms with Crippen molar-refractivity contribution in [3.63, 3.8) is 0 Å². The van der Waals surface area contributed by atoms with E-state index in [1.807, 2.05) is 24.5 Å². The van der Waals surface area contributed by atoms with Crippen LogP contribution in [-0.4, -0.2) is 37.6 Å². The monoisotopic (exact) mass is 397 g/mol. The van der Waals surface area contributed by atoms with Crippen LogP contribution in [0.5, 0.6) is 0 Å². The molecular weight excluding hydrogens is 370 g/mol. The average molecular weight is 398 g/mol. The van der Waals surface area contributed by atoms with Crippen LogP contribution in [-0.2, 0) is 6.54 Å². The fraction of sp³-hybridized carbons (Fsp3) is 0.320. The van der Waals surface area contributed by atoms with E-state index in [9.17, 15) is 0 Å². The first-order chi connectivity index (χ1) is 14.7. The lowest BCUT2D eigenvalue weighted by atomic mass is 9.93. The van der Waals surface area contributed by atoms with E-state index in [2.05, 4.69) is 64.6 Å². The second-order valence-corrected chi connectivity index (χ2v) is 8.31. The van der Waals surface area contributed by atoms with E-state index < -0.39 is 0 Å². The van der Waals surface area contributed by atoms with E-state index in [-0.39, 0.29) is 0 Å². The number of aryl methyl sites for hydroxylation is 2. The number of piperidine rings is 1. The van der Waals surface area contributed by atoms with Crippen molar-refractivity contribution < 1.29 is 0 Å². The van der Waals surface area contributed by atoms with Gasteiger partial charge in [0.1, 0.15) is 0 Å². The molecule has 0 bridgehead atoms. The second kappa shape index (κ2) is 8.00. The van der Waals surface area contributed by atoms with Crippen LogP contribution in [0.25, 0.3) is 16.8 Å². The number of nitrogens with zero attached hydrogens (tertiary/aromatic N) is 5. The van der Waals surface area contributed by atoms with Crippen molar-refractivity contribution >= 4 is 5.65 Å². The SMILES string of the molecule is Cc1cc(C2CCCN(Cc3ccccc3)C2)n2nc(C)c(-c3ccncc3)c2n1. The number of aromatic nitrogens is 4. The third-order valence-electron chi connectivity index (χ3n) is 6.06. The van der Waals surface area contributed by atoms with Gasteiger partial charge in [0.05, 0.1) is 11.4 Å². The van der Waals surface area contributed by atoms with Gasteiger partial charge < -0.3 is 0 Å². The van der Waals surface area contributed by atoms with Crippen LogP contribution in [0.2, 0.25) is 0 Å². The van der Waals surface area contributed by atoms with Crippen LogP contribution >= 0.6 is 0 Å². The Morgan fingerprint density at radius 2 is 1.83 bits per heavy atom. The van der Waals surface area contributed by atoms with Crippen LogP contribution in [0.3, 0.4) is 0 Å². The van der Waals surface area contributed by atoms with E-state index in [1.165, 1.54) is 24.1 Å². The van der Waals surface area contributed by atoms with Gasteiger partial charge in [0.15, 0.2) is 5.65 Å². The van der Waals surface area contributed by atoms with Crippen LogP contribution in [0.1, 0.15) is 41.4 Å². The molecule has 3 aromatic heterocycles. The smallest absolute Gasteiger partial charge is 0.163 e. The number of fused-ring (bicyclic) bond motifs is 1. The molecule has 0 amide bonds. The molecule has 0 aliphatic carbocycles. The van der Waals surface area contributed by atoms with Crippen LogP contribution < -0.4 is 0 Å². The third-order valence-corrected chi connectivity index (χ3v) is 6.06. The Morgan fingerprint density at radius 3 is 2.63 bits per heavy atom. The number of hydrogen-bond acceptors (Lipinski definition) is 4. The van der Waals surface area contributed by atoms with Crippen molar-refractivity contribution in [3.05, 3.63) is 83.6 Å². The maximum absolute atomic E-state index is 4.93. The standard InChI is InChI=1S/C25H27N5/c1-18-15-23(22-9-6-14-29(17-22)16-20-7-4-3-5-8-20)30-25(27-18)24(19(2)28-30)21-10-12-26-13-11-21/h3-5,7-8,10-13,15,22H,6,9,14,16-17H2,1-2H3. The van der Waals surface area contributed by atoms with Crippen LogP contribution in [0.4, 0.5) is 0 Å². The van der Waals surface area contributed by atoms with Gasteiger partial charge in [-0.3, -0.25) is 9.88 Å². The van der Waals surface area contributed by atoms with Gasteiger partial charge in [-0.15, -0.1) is 0 Å². The number of rotatable bonds is 4. The zero-order valence-electron chi connectivity index (χ0n) is 17.6. The molecule has 0 radical (unpaired) electrons. The van der Waals surface area contributed by atoms with Crippen LogP contribution in [0.15, 0.2) is 60.9 Å². The van der Waals surface area contributed by atoms with Gasteiger partial charge in [0.25, 0.3) is 0 Å². The Labute approximate surface area is 177 Å². The fourth-order valence-electron chi connectivity index (χ4n) is 4.70. The fourth-order valence-corrected chi connectivity index (χ4v) is 4.70. The maximum Gasteiger partial charge on any atom is 0.163 e. The van der Waals surface area contributed by atoms with Crippen molar-refractivity contribution in [3.8, 4) is 11.1 Å². The summed E-state index contributed by atoms with van der Waals surface area (Å²) in [7, 11) is 0. The summed E-state index contributed by atoms with van der Waals surface area (Å²) in [5, 5.41) is 4.93. The normalized spacial score (nSPS) is 17.5. The molecule has 1 atom stereocenters. The topological polar surface area (TPSA) is 46.3 Å². The summed E-state index contributed by atoms with van der Waals surface area (Å²) in [6, 6.07) is 17.1. The lowest BCUT2D eigenvalue weighted by Crippen LogP contribution is -2.34. The van der Waals surface area contributed by atoms with Crippen LogP contribution in [0, 0.1) is 13.8 Å². The summed E-state index contributed by atoms with van der Waals surface area (Å²) in [6.45, 7) is 7.37. The zero-order chi connectivity index (χ0) is 20.5. The van der Waals surface area contributed by atoms with Crippen molar-refractivity contribution in [1.29, 1.82) is 0 Å². The van der Waals surface area contributed by atoms with Gasteiger partial charge in [-0.25, -0.2) is 9.50 Å². The molecule has 1 fully saturated rings. The number of likely N-dealkylation sites (tertiary alicyclic amines) is 1. The van der Waals surface area contributed by atoms with Crippen molar-refractivity contribution in [2.45, 2.75) is 39.2 Å². The lowest BCUT2D eigenvalue weighted by molar-refractivity contribution is 0.197. The molecule has 1 unspecified atom stereocenters. The zero-order valence-corrected chi connectivity index (χ0v) is 17.6. The molecule has 1 aliphatic rings. The maximum atomic E-state index is 4.93. The molecule has 0 N–H and O–H groups in total. The molecule has 5 heteroatoms. The summed E-state index contributed by atoms with van der Waals surface area (Å²) < 4.78 is 2.09. The van der Waals surface area contributed by atoms with Gasteiger partial charge in [-0.1, -0.05) is 30.3 Å². The molecule has 1 aromatic carbocycles. The summed E-state index contributed by atoms with van der Waals surface area (Å²) in [4.78, 5) is 11.6. The predicted molar refractivity (Wildman–Crippen MR) is 119 cm³/mol. The highest BCUT2D eigenvalue weighted by Gasteiger charge is 2.26. The number of pyridine rings is 1. The van der Waals surface area contributed by atoms with Gasteiger partial charge in [-0.2, -0.15) is 5.10 Å². The van der Waals surface area contributed by atoms with Crippen molar-refractivity contribution in [1.82, 2.24) is 24.5 Å². The minimum Gasteiger partial charge on any atom is -0.298 e. The highest BCUT2D eigenvalue weighted by atomic mass is 15.3. The van der Waals surface area contributed by atoms with Gasteiger partial charge in [0.2, 0.25) is 0 Å². The Morgan fingerprint density at radius 1 is 1.03 bits per heavy atom. The highest BCUT2D eigenvalue weighted by Crippen LogP contribution is 2.32. The number of hydrogen-bond donors (Lipinski definition) is 0. The lowest BCUT2D eigenvalue weighted by Gasteiger charge is -2.33. The summed E-state index contributed by atoms with van der Waals surface area (Å²) >= 11 is 0. The third kappa shape index (κ3) is 3.61. The first-order valence-electron chi connectivity index (χ1n) is 10.7. The van der Waals surface area contributed by atoms with E-state index in [0.717, 1.165) is 47.8 Å². The molecule has 30 heavy (non-hydrogen) atoms. The molecule has 4 aromatic rings. The highest BCUT2D eigenvalue weighted by molar-refractivity contribution is 5.79. The van der Waals surface area contributed by atoms with Gasteiger partial charge in [0, 0.05) is 42.7 Å². The quantitative estimate of drug-likeness (QED) is 0.497. The molecular formula is C25H27N5. The van der Waals surface area contributed by atoms with E-state index in [0.29, 0.717) is 5.92 Å². The van der Waals surface area contributed by atoms with E-state index in [1.54, 1.807) is 0 Å². The van der Waals surface area contributed by atoms with E-state index in [4.69, 9.17) is 10.1 Å². The molecule has 1 saturated heterocycles. The van der Waals surface area contributed by atoms with Gasteiger partial charge >= 0.3 is 0 Å². The van der Waals surface area contributed by atoms with Crippen molar-refractivity contribution in [2.24, 2.45) is 0 Å². The minimum atomic E-state index is 0.455. The molecule has 5 nitrogen and oxygen atoms in total. The molecule has 1 aliphatic heterocycles. The molecule has 5 rings (SSSR count). The molecule has 4 heterocycles. The Bertz CT molecular complexity index is 1150. The Hall–Kier alpha value is -3.05. The summed E-state index contributed by atoms with van der Waals surface area (Å²) in [6.07, 6.45) is 6.06. The molecule has 0 spiro atoms.